The minimum atomic E-state index is -0.581. The predicted octanol–water partition coefficient (Wildman–Crippen LogP) is 2.69. The molecule has 0 aliphatic carbocycles. The number of benzene rings is 1. The molecule has 19 heavy (non-hydrogen) atoms. The van der Waals surface area contributed by atoms with Gasteiger partial charge in [-0.25, -0.2) is 10.7 Å². The molecule has 0 aliphatic heterocycles. The topological polar surface area (TPSA) is 93.8 Å². The maximum Gasteiger partial charge on any atom is 0.412 e. The number of amides is 1. The Morgan fingerprint density at radius 1 is 1.42 bits per heavy atom. The first-order valence-electron chi connectivity index (χ1n) is 5.91. The lowest BCUT2D eigenvalue weighted by molar-refractivity contribution is 0.0636. The number of nitrogens with two attached hydrogens (primary N) is 1. The number of ether oxygens (including phenoxy) is 1. The van der Waals surface area contributed by atoms with Crippen molar-refractivity contribution in [3.8, 4) is 5.75 Å². The van der Waals surface area contributed by atoms with E-state index in [0.29, 0.717) is 11.3 Å². The number of hydrogen-bond acceptors (Lipinski definition) is 5. The minimum absolute atomic E-state index is 0.00786. The van der Waals surface area contributed by atoms with Crippen molar-refractivity contribution in [2.75, 3.05) is 5.32 Å². The van der Waals surface area contributed by atoms with Gasteiger partial charge >= 0.3 is 6.09 Å². The Morgan fingerprint density at radius 2 is 2.05 bits per heavy atom. The van der Waals surface area contributed by atoms with Crippen molar-refractivity contribution < 1.29 is 19.5 Å². The van der Waals surface area contributed by atoms with Crippen LogP contribution in [0.15, 0.2) is 18.2 Å². The van der Waals surface area contributed by atoms with Crippen LogP contribution in [0.1, 0.15) is 39.4 Å². The van der Waals surface area contributed by atoms with Gasteiger partial charge in [0.05, 0.1) is 0 Å². The molecule has 6 nitrogen and oxygen atoms in total. The van der Waals surface area contributed by atoms with E-state index in [2.05, 4.69) is 10.2 Å². The molecule has 0 heterocycles. The van der Waals surface area contributed by atoms with Crippen molar-refractivity contribution >= 4 is 11.8 Å². The molecule has 0 fully saturated rings. The average molecular weight is 268 g/mol. The summed E-state index contributed by atoms with van der Waals surface area (Å²) in [4.78, 5) is 16.2. The van der Waals surface area contributed by atoms with Gasteiger partial charge in [0, 0.05) is 17.3 Å². The Hall–Kier alpha value is -1.79. The van der Waals surface area contributed by atoms with E-state index < -0.39 is 17.8 Å². The van der Waals surface area contributed by atoms with E-state index in [1.54, 1.807) is 39.8 Å². The zero-order valence-electron chi connectivity index (χ0n) is 11.6. The van der Waals surface area contributed by atoms with Crippen LogP contribution >= 0.6 is 0 Å². The summed E-state index contributed by atoms with van der Waals surface area (Å²) in [7, 11) is 0. The highest BCUT2D eigenvalue weighted by atomic mass is 16.6. The van der Waals surface area contributed by atoms with Crippen molar-refractivity contribution in [1.29, 1.82) is 0 Å². The number of rotatable bonds is 3. The van der Waals surface area contributed by atoms with E-state index in [1.165, 1.54) is 6.07 Å². The van der Waals surface area contributed by atoms with Crippen molar-refractivity contribution in [2.24, 2.45) is 5.90 Å². The maximum absolute atomic E-state index is 11.6. The third-order valence-corrected chi connectivity index (χ3v) is 2.32. The molecule has 0 bridgehead atoms. The summed E-state index contributed by atoms with van der Waals surface area (Å²) < 4.78 is 5.10. The van der Waals surface area contributed by atoms with E-state index in [0.717, 1.165) is 0 Å². The van der Waals surface area contributed by atoms with E-state index in [-0.39, 0.29) is 5.75 Å². The molecule has 4 N–H and O–H groups in total. The fourth-order valence-electron chi connectivity index (χ4n) is 1.46. The first kappa shape index (κ1) is 15.3. The summed E-state index contributed by atoms with van der Waals surface area (Å²) in [5.41, 5.74) is 0.394. The molecule has 1 aromatic carbocycles. The van der Waals surface area contributed by atoms with Crippen LogP contribution in [0.25, 0.3) is 0 Å². The highest BCUT2D eigenvalue weighted by molar-refractivity contribution is 5.85. The molecule has 1 amide bonds. The monoisotopic (exact) mass is 268 g/mol. The molecule has 1 aromatic rings. The number of carbonyl (C=O) groups is 1. The van der Waals surface area contributed by atoms with Gasteiger partial charge in [0.15, 0.2) is 0 Å². The van der Waals surface area contributed by atoms with Gasteiger partial charge in [-0.1, -0.05) is 6.07 Å². The van der Waals surface area contributed by atoms with E-state index >= 15 is 0 Å². The quantitative estimate of drug-likeness (QED) is 0.733. The first-order chi connectivity index (χ1) is 8.73. The maximum atomic E-state index is 11.6. The largest absolute Gasteiger partial charge is 0.507 e. The molecule has 0 aromatic heterocycles. The normalized spacial score (nSPS) is 12.9. The molecule has 0 radical (unpaired) electrons. The third kappa shape index (κ3) is 4.76. The van der Waals surface area contributed by atoms with Gasteiger partial charge in [-0.2, -0.15) is 0 Å². The lowest BCUT2D eigenvalue weighted by Crippen LogP contribution is -2.27. The Morgan fingerprint density at radius 3 is 2.53 bits per heavy atom. The second kappa shape index (κ2) is 5.90. The van der Waals surface area contributed by atoms with Crippen molar-refractivity contribution in [1.82, 2.24) is 0 Å². The number of aromatic hydroxyl groups is 1. The lowest BCUT2D eigenvalue weighted by Gasteiger charge is -2.20. The minimum Gasteiger partial charge on any atom is -0.507 e. The molecule has 106 valence electrons. The highest BCUT2D eigenvalue weighted by Crippen LogP contribution is 2.28. The van der Waals surface area contributed by atoms with Gasteiger partial charge in [0.2, 0.25) is 0 Å². The molecule has 0 spiro atoms. The van der Waals surface area contributed by atoms with Crippen LogP contribution in [0.2, 0.25) is 0 Å². The van der Waals surface area contributed by atoms with Crippen LogP contribution in [-0.2, 0) is 9.57 Å². The molecule has 1 atom stereocenters. The second-order valence-corrected chi connectivity index (χ2v) is 5.18. The molecule has 0 saturated heterocycles. The molecule has 0 aliphatic rings. The molecular weight excluding hydrogens is 248 g/mol. The summed E-state index contributed by atoms with van der Waals surface area (Å²) in [5, 5.41) is 12.3. The summed E-state index contributed by atoms with van der Waals surface area (Å²) in [6.45, 7) is 7.02. The first-order valence-corrected chi connectivity index (χ1v) is 5.91. The second-order valence-electron chi connectivity index (χ2n) is 5.18. The number of nitrogens with one attached hydrogen (secondary N) is 1. The Bertz CT molecular complexity index is 454. The van der Waals surface area contributed by atoms with Gasteiger partial charge in [0.1, 0.15) is 17.5 Å². The Labute approximate surface area is 112 Å². The highest BCUT2D eigenvalue weighted by Gasteiger charge is 2.17. The summed E-state index contributed by atoms with van der Waals surface area (Å²) in [6.07, 6.45) is -1.02. The van der Waals surface area contributed by atoms with Gasteiger partial charge in [-0.05, 0) is 33.8 Å². The fourth-order valence-corrected chi connectivity index (χ4v) is 1.46. The van der Waals surface area contributed by atoms with Gasteiger partial charge in [-0.3, -0.25) is 10.2 Å². The summed E-state index contributed by atoms with van der Waals surface area (Å²) in [5.74, 6) is 5.05. The van der Waals surface area contributed by atoms with Crippen molar-refractivity contribution in [2.45, 2.75) is 39.4 Å². The zero-order chi connectivity index (χ0) is 14.6. The van der Waals surface area contributed by atoms with Gasteiger partial charge in [0.25, 0.3) is 0 Å². The molecular formula is C13H20N2O4. The van der Waals surface area contributed by atoms with Crippen LogP contribution in [-0.4, -0.2) is 16.8 Å². The van der Waals surface area contributed by atoms with Crippen LogP contribution in [0.4, 0.5) is 10.5 Å². The number of phenolic OH excluding ortho intramolecular Hbond substituents is 1. The average Bonchev–Trinajstić information content (AvgIpc) is 2.25. The Kier molecular flexibility index (Phi) is 4.74. The molecule has 0 saturated carbocycles. The van der Waals surface area contributed by atoms with E-state index in [1.807, 2.05) is 0 Å². The van der Waals surface area contributed by atoms with Gasteiger partial charge in [-0.15, -0.1) is 0 Å². The van der Waals surface area contributed by atoms with E-state index in [4.69, 9.17) is 10.6 Å². The standard InChI is InChI=1S/C13H20N2O4/c1-8(19-14)10-6-5-9(7-11(10)16)15-12(17)18-13(2,3)4/h5-8,16H,14H2,1-4H3,(H,15,17). The van der Waals surface area contributed by atoms with Crippen LogP contribution in [0.5, 0.6) is 5.75 Å². The number of anilines is 1. The van der Waals surface area contributed by atoms with E-state index in [9.17, 15) is 9.90 Å². The molecule has 6 heteroatoms. The van der Waals surface area contributed by atoms with Crippen LogP contribution in [0.3, 0.4) is 0 Å². The number of phenols is 1. The van der Waals surface area contributed by atoms with Gasteiger partial charge < -0.3 is 9.84 Å². The predicted molar refractivity (Wildman–Crippen MR) is 71.7 cm³/mol. The fraction of sp³-hybridized carbons (Fsp3) is 0.462. The number of carbonyl (C=O) groups excluding carboxylic acids is 1. The molecule has 1 unspecified atom stereocenters. The summed E-state index contributed by atoms with van der Waals surface area (Å²) >= 11 is 0. The van der Waals surface area contributed by atoms with Crippen LogP contribution < -0.4 is 11.2 Å². The zero-order valence-corrected chi connectivity index (χ0v) is 11.6. The van der Waals surface area contributed by atoms with Crippen LogP contribution in [0, 0.1) is 0 Å². The molecule has 1 rings (SSSR count). The summed E-state index contributed by atoms with van der Waals surface area (Å²) in [6, 6.07) is 4.67. The van der Waals surface area contributed by atoms with Crippen molar-refractivity contribution in [3.05, 3.63) is 23.8 Å². The third-order valence-electron chi connectivity index (χ3n) is 2.32. The Balaban J connectivity index is 2.76. The number of hydrogen-bond donors (Lipinski definition) is 3. The SMILES string of the molecule is CC(ON)c1ccc(NC(=O)OC(C)(C)C)cc1O. The smallest absolute Gasteiger partial charge is 0.412 e. The van der Waals surface area contributed by atoms with Crippen molar-refractivity contribution in [3.63, 3.8) is 0 Å². The lowest BCUT2D eigenvalue weighted by atomic mass is 10.1.